The number of hydrogen-bond donors (Lipinski definition) is 1. The summed E-state index contributed by atoms with van der Waals surface area (Å²) >= 11 is 0. The Morgan fingerprint density at radius 3 is 1.42 bits per heavy atom. The van der Waals surface area contributed by atoms with Gasteiger partial charge in [-0.1, -0.05) is 150 Å². The van der Waals surface area contributed by atoms with E-state index >= 15 is 0 Å². The van der Waals surface area contributed by atoms with Crippen LogP contribution in [0.3, 0.4) is 0 Å². The number of allylic oxidation sites excluding steroid dienone is 14. The Hall–Kier alpha value is -3.53. The summed E-state index contributed by atoms with van der Waals surface area (Å²) in [6.07, 6.45) is 50.7. The number of carbonyl (C=O) groups is 3. The van der Waals surface area contributed by atoms with Crippen LogP contribution < -0.4 is 0 Å². The molecular weight excluding hydrogens is 755 g/mol. The third kappa shape index (κ3) is 42.6. The molecule has 0 aromatic rings. The van der Waals surface area contributed by atoms with Crippen molar-refractivity contribution in [1.82, 2.24) is 0 Å². The van der Waals surface area contributed by atoms with Gasteiger partial charge in [0.1, 0.15) is 13.2 Å². The first kappa shape index (κ1) is 56.5. The number of ether oxygens (including phenoxy) is 4. The molecule has 0 saturated carbocycles. The highest BCUT2D eigenvalue weighted by atomic mass is 16.7. The second-order valence-electron chi connectivity index (χ2n) is 16.3. The van der Waals surface area contributed by atoms with Gasteiger partial charge in [-0.3, -0.25) is 9.59 Å². The lowest BCUT2D eigenvalue weighted by Crippen LogP contribution is -2.40. The molecule has 1 N–H and O–H groups in total. The quantitative estimate of drug-likeness (QED) is 0.0213. The van der Waals surface area contributed by atoms with Gasteiger partial charge in [-0.2, -0.15) is 0 Å². The molecule has 0 aliphatic heterocycles. The maximum Gasteiger partial charge on any atom is 0.361 e. The zero-order valence-corrected chi connectivity index (χ0v) is 38.6. The highest BCUT2D eigenvalue weighted by Crippen LogP contribution is 2.12. The molecule has 0 aromatic carbocycles. The van der Waals surface area contributed by atoms with E-state index in [9.17, 15) is 19.5 Å². The predicted octanol–water partition coefficient (Wildman–Crippen LogP) is 12.5. The highest BCUT2D eigenvalue weighted by Gasteiger charge is 2.25. The van der Waals surface area contributed by atoms with E-state index in [-0.39, 0.29) is 38.6 Å². The molecule has 0 fully saturated rings. The summed E-state index contributed by atoms with van der Waals surface area (Å²) in [6.45, 7) is 4.65. The lowest BCUT2D eigenvalue weighted by Gasteiger charge is -2.25. The van der Waals surface area contributed by atoms with E-state index in [1.807, 2.05) is 21.1 Å². The van der Waals surface area contributed by atoms with Gasteiger partial charge in [-0.05, 0) is 83.5 Å². The molecule has 0 aliphatic rings. The van der Waals surface area contributed by atoms with E-state index in [0.717, 1.165) is 116 Å². The van der Waals surface area contributed by atoms with Crippen molar-refractivity contribution in [3.63, 3.8) is 0 Å². The van der Waals surface area contributed by atoms with Crippen LogP contribution in [0.4, 0.5) is 0 Å². The molecule has 0 aliphatic carbocycles. The Morgan fingerprint density at radius 1 is 0.517 bits per heavy atom. The van der Waals surface area contributed by atoms with Crippen LogP contribution >= 0.6 is 0 Å². The summed E-state index contributed by atoms with van der Waals surface area (Å²) in [4.78, 5) is 37.1. The Balaban J connectivity index is 4.49. The number of hydrogen-bond acceptors (Lipinski definition) is 7. The minimum absolute atomic E-state index is 0.176. The number of quaternary nitrogens is 1. The van der Waals surface area contributed by atoms with Crippen LogP contribution in [0, 0.1) is 0 Å². The smallest absolute Gasteiger partial charge is 0.361 e. The largest absolute Gasteiger partial charge is 0.477 e. The molecule has 342 valence electrons. The van der Waals surface area contributed by atoms with Gasteiger partial charge in [0.2, 0.25) is 0 Å². The molecule has 0 spiro atoms. The summed E-state index contributed by atoms with van der Waals surface area (Å²) in [5.41, 5.74) is 0. The van der Waals surface area contributed by atoms with E-state index in [1.54, 1.807) is 0 Å². The van der Waals surface area contributed by atoms with Crippen LogP contribution in [0.15, 0.2) is 85.1 Å². The van der Waals surface area contributed by atoms with Crippen molar-refractivity contribution >= 4 is 17.9 Å². The van der Waals surface area contributed by atoms with Crippen molar-refractivity contribution < 1.29 is 42.9 Å². The molecule has 0 saturated heterocycles. The lowest BCUT2D eigenvalue weighted by atomic mass is 10.1. The van der Waals surface area contributed by atoms with Crippen LogP contribution in [0.25, 0.3) is 0 Å². The van der Waals surface area contributed by atoms with Crippen LogP contribution in [0.1, 0.15) is 162 Å². The number of aliphatic carboxylic acids is 1. The number of carboxylic acid groups (broad SMARTS) is 1. The Kier molecular flexibility index (Phi) is 39.7. The van der Waals surface area contributed by atoms with Crippen molar-refractivity contribution in [1.29, 1.82) is 0 Å². The van der Waals surface area contributed by atoms with Gasteiger partial charge >= 0.3 is 17.9 Å². The van der Waals surface area contributed by atoms with Gasteiger partial charge in [0.25, 0.3) is 6.29 Å². The molecule has 0 heterocycles. The number of rotatable bonds is 41. The molecule has 0 aromatic heterocycles. The molecule has 0 rings (SSSR count). The standard InChI is InChI=1S/C51H85NO8/c1-6-8-10-12-14-16-18-20-22-23-24-25-26-27-28-30-32-34-36-38-40-42-49(54)60-47(46-59-51(50(55)56)57-44-43-52(3,4)5)45-58-48(53)41-39-37-35-33-31-29-21-19-17-15-13-11-9-7-2/h8,10,13-16,19-22,24-25,27-28,47,51H,6-7,9,11-12,17-18,23,26,29-46H2,1-5H3/p+1/b10-8-,15-13-,16-14-,21-19-,22-20-,25-24-,28-27-. The number of likely N-dealkylation sites (N-methyl/N-ethyl adjacent to an activating group) is 1. The van der Waals surface area contributed by atoms with Crippen molar-refractivity contribution in [2.24, 2.45) is 0 Å². The summed E-state index contributed by atoms with van der Waals surface area (Å²) < 4.78 is 22.7. The summed E-state index contributed by atoms with van der Waals surface area (Å²) in [5, 5.41) is 9.64. The van der Waals surface area contributed by atoms with Crippen LogP contribution in [-0.4, -0.2) is 87.4 Å². The summed E-state index contributed by atoms with van der Waals surface area (Å²) in [6, 6.07) is 0. The molecule has 2 unspecified atom stereocenters. The molecule has 0 radical (unpaired) electrons. The maximum atomic E-state index is 12.8. The van der Waals surface area contributed by atoms with Gasteiger partial charge in [-0.15, -0.1) is 0 Å². The first-order chi connectivity index (χ1) is 29.1. The molecule has 9 nitrogen and oxygen atoms in total. The van der Waals surface area contributed by atoms with Gasteiger partial charge in [0, 0.05) is 12.8 Å². The van der Waals surface area contributed by atoms with Gasteiger partial charge in [0.05, 0.1) is 34.4 Å². The third-order valence-electron chi connectivity index (χ3n) is 9.39. The lowest BCUT2D eigenvalue weighted by molar-refractivity contribution is -0.870. The molecule has 9 heteroatoms. The Labute approximate surface area is 366 Å². The van der Waals surface area contributed by atoms with Gasteiger partial charge in [-0.25, -0.2) is 4.79 Å². The van der Waals surface area contributed by atoms with Crippen LogP contribution in [0.5, 0.6) is 0 Å². The van der Waals surface area contributed by atoms with E-state index in [4.69, 9.17) is 18.9 Å². The van der Waals surface area contributed by atoms with Crippen molar-refractivity contribution in [2.75, 3.05) is 47.5 Å². The second-order valence-corrected chi connectivity index (χ2v) is 16.3. The number of nitrogens with zero attached hydrogens (tertiary/aromatic N) is 1. The summed E-state index contributed by atoms with van der Waals surface area (Å²) in [7, 11) is 5.93. The van der Waals surface area contributed by atoms with Crippen LogP contribution in [-0.2, 0) is 33.3 Å². The minimum Gasteiger partial charge on any atom is -0.477 e. The Bertz CT molecular complexity index is 1260. The van der Waals surface area contributed by atoms with E-state index in [2.05, 4.69) is 98.9 Å². The van der Waals surface area contributed by atoms with Crippen LogP contribution in [0.2, 0.25) is 0 Å². The predicted molar refractivity (Wildman–Crippen MR) is 249 cm³/mol. The van der Waals surface area contributed by atoms with Gasteiger partial charge < -0.3 is 28.5 Å². The van der Waals surface area contributed by atoms with Crippen molar-refractivity contribution in [3.05, 3.63) is 85.1 Å². The number of carbonyl (C=O) groups excluding carboxylic acids is 2. The normalized spacial score (nSPS) is 13.7. The topological polar surface area (TPSA) is 108 Å². The molecular formula is C51H86NO8+. The fourth-order valence-electron chi connectivity index (χ4n) is 5.76. The highest BCUT2D eigenvalue weighted by molar-refractivity contribution is 5.71. The first-order valence-corrected chi connectivity index (χ1v) is 23.3. The zero-order chi connectivity index (χ0) is 44.2. The molecule has 60 heavy (non-hydrogen) atoms. The van der Waals surface area contributed by atoms with E-state index in [1.165, 1.54) is 12.8 Å². The Morgan fingerprint density at radius 2 is 0.950 bits per heavy atom. The second kappa shape index (κ2) is 42.2. The fourth-order valence-corrected chi connectivity index (χ4v) is 5.76. The molecule has 0 amide bonds. The molecule has 0 bridgehead atoms. The van der Waals surface area contributed by atoms with Crippen molar-refractivity contribution in [2.45, 2.75) is 174 Å². The molecule has 2 atom stereocenters. The average molecular weight is 841 g/mol. The fraction of sp³-hybridized carbons (Fsp3) is 0.667. The summed E-state index contributed by atoms with van der Waals surface area (Å²) in [5.74, 6) is -2.06. The van der Waals surface area contributed by atoms with Gasteiger partial charge in [0.15, 0.2) is 6.10 Å². The monoisotopic (exact) mass is 841 g/mol. The minimum atomic E-state index is -1.52. The van der Waals surface area contributed by atoms with E-state index < -0.39 is 24.3 Å². The van der Waals surface area contributed by atoms with E-state index in [0.29, 0.717) is 17.4 Å². The number of carboxylic acids is 1. The first-order valence-electron chi connectivity index (χ1n) is 23.3. The maximum absolute atomic E-state index is 12.8. The average Bonchev–Trinajstić information content (AvgIpc) is 3.21. The third-order valence-corrected chi connectivity index (χ3v) is 9.39. The number of esters is 2. The SMILES string of the molecule is CC/C=C\C/C=C\C/C=C\C/C=C\C/C=C\CCCCCCCC(=O)OC(COC(=O)CCCCCCC/C=C\C/C=C\CCCC)COC(OCC[N+](C)(C)C)C(=O)O. The zero-order valence-electron chi connectivity index (χ0n) is 38.6. The van der Waals surface area contributed by atoms with Crippen molar-refractivity contribution in [3.8, 4) is 0 Å². The number of unbranched alkanes of at least 4 members (excludes halogenated alkanes) is 12.